The molecule has 106 valence electrons. The molecule has 2 N–H and O–H groups in total. The van der Waals surface area contributed by atoms with Crippen LogP contribution in [-0.4, -0.2) is 35.7 Å². The van der Waals surface area contributed by atoms with Crippen LogP contribution in [0.1, 0.15) is 44.4 Å². The lowest BCUT2D eigenvalue weighted by Gasteiger charge is -2.39. The van der Waals surface area contributed by atoms with Gasteiger partial charge in [0, 0.05) is 25.7 Å². The molecule has 1 aliphatic rings. The fraction of sp³-hybridized carbons (Fsp3) is 0.625. The lowest BCUT2D eigenvalue weighted by Crippen LogP contribution is -2.52. The van der Waals surface area contributed by atoms with Crippen LogP contribution in [0.25, 0.3) is 0 Å². The molecule has 1 fully saturated rings. The minimum atomic E-state index is -0.463. The smallest absolute Gasteiger partial charge is 0.133 e. The van der Waals surface area contributed by atoms with Crippen LogP contribution < -0.4 is 5.32 Å². The molecular weight excluding hydrogens is 236 g/mol. The number of aliphatic hydroxyl groups is 1. The standard InChI is InChI=1S/C16H26N2O/c1-2-3-5-10-15-13-17-11-12-18(15)16(19)14-8-6-4-7-9-14/h4,6-9,15-17,19H,2-3,5,10-13H2,1H3. The van der Waals surface area contributed by atoms with Crippen LogP contribution in [-0.2, 0) is 0 Å². The van der Waals surface area contributed by atoms with Gasteiger partial charge in [-0.05, 0) is 12.0 Å². The van der Waals surface area contributed by atoms with E-state index in [4.69, 9.17) is 0 Å². The van der Waals surface area contributed by atoms with E-state index >= 15 is 0 Å². The molecule has 2 unspecified atom stereocenters. The van der Waals surface area contributed by atoms with E-state index in [2.05, 4.69) is 17.1 Å². The van der Waals surface area contributed by atoms with Crippen molar-refractivity contribution in [1.82, 2.24) is 10.2 Å². The molecule has 2 atom stereocenters. The van der Waals surface area contributed by atoms with Crippen molar-refractivity contribution >= 4 is 0 Å². The number of piperazine rings is 1. The number of hydrogen-bond donors (Lipinski definition) is 2. The molecule has 1 saturated heterocycles. The molecule has 19 heavy (non-hydrogen) atoms. The third kappa shape index (κ3) is 4.03. The average Bonchev–Trinajstić information content (AvgIpc) is 2.48. The molecule has 1 aromatic rings. The van der Waals surface area contributed by atoms with Gasteiger partial charge in [0.15, 0.2) is 0 Å². The van der Waals surface area contributed by atoms with Crippen LogP contribution >= 0.6 is 0 Å². The first-order valence-corrected chi connectivity index (χ1v) is 7.52. The summed E-state index contributed by atoms with van der Waals surface area (Å²) in [5, 5.41) is 14.0. The molecule has 0 aliphatic carbocycles. The van der Waals surface area contributed by atoms with Crippen molar-refractivity contribution in [2.24, 2.45) is 0 Å². The van der Waals surface area contributed by atoms with E-state index in [0.717, 1.165) is 25.2 Å². The molecule has 1 aromatic carbocycles. The maximum atomic E-state index is 10.6. The topological polar surface area (TPSA) is 35.5 Å². The first kappa shape index (κ1) is 14.5. The summed E-state index contributed by atoms with van der Waals surface area (Å²) in [4.78, 5) is 2.25. The van der Waals surface area contributed by atoms with E-state index < -0.39 is 6.23 Å². The lowest BCUT2D eigenvalue weighted by atomic mass is 10.0. The highest BCUT2D eigenvalue weighted by Gasteiger charge is 2.27. The Balaban J connectivity index is 1.98. The number of benzene rings is 1. The average molecular weight is 262 g/mol. The monoisotopic (exact) mass is 262 g/mol. The molecule has 0 amide bonds. The van der Waals surface area contributed by atoms with Crippen molar-refractivity contribution in [2.75, 3.05) is 19.6 Å². The van der Waals surface area contributed by atoms with Gasteiger partial charge in [0.05, 0.1) is 0 Å². The molecule has 0 saturated carbocycles. The second-order valence-corrected chi connectivity index (χ2v) is 5.38. The highest BCUT2D eigenvalue weighted by molar-refractivity contribution is 5.17. The minimum Gasteiger partial charge on any atom is -0.374 e. The predicted octanol–water partition coefficient (Wildman–Crippen LogP) is 2.53. The molecule has 1 aliphatic heterocycles. The predicted molar refractivity (Wildman–Crippen MR) is 78.9 cm³/mol. The van der Waals surface area contributed by atoms with Crippen LogP contribution in [0.3, 0.4) is 0 Å². The first-order valence-electron chi connectivity index (χ1n) is 7.52. The Labute approximate surface area is 116 Å². The van der Waals surface area contributed by atoms with Crippen molar-refractivity contribution in [2.45, 2.75) is 44.9 Å². The number of hydrogen-bond acceptors (Lipinski definition) is 3. The molecule has 0 aromatic heterocycles. The van der Waals surface area contributed by atoms with E-state index in [1.165, 1.54) is 25.7 Å². The summed E-state index contributed by atoms with van der Waals surface area (Å²) >= 11 is 0. The zero-order valence-corrected chi connectivity index (χ0v) is 11.9. The van der Waals surface area contributed by atoms with Crippen LogP contribution in [0, 0.1) is 0 Å². The zero-order valence-electron chi connectivity index (χ0n) is 11.9. The highest BCUT2D eigenvalue weighted by Crippen LogP contribution is 2.23. The second-order valence-electron chi connectivity index (χ2n) is 5.38. The molecule has 0 bridgehead atoms. The van der Waals surface area contributed by atoms with Crippen LogP contribution in [0.15, 0.2) is 30.3 Å². The minimum absolute atomic E-state index is 0.454. The Kier molecular flexibility index (Phi) is 5.83. The van der Waals surface area contributed by atoms with Gasteiger partial charge in [-0.25, -0.2) is 0 Å². The maximum absolute atomic E-state index is 10.6. The Morgan fingerprint density at radius 3 is 2.84 bits per heavy atom. The number of nitrogens with one attached hydrogen (secondary N) is 1. The molecule has 0 spiro atoms. The number of aliphatic hydroxyl groups excluding tert-OH is 1. The van der Waals surface area contributed by atoms with Gasteiger partial charge in [-0.3, -0.25) is 4.90 Å². The van der Waals surface area contributed by atoms with Crippen molar-refractivity contribution in [3.8, 4) is 0 Å². The van der Waals surface area contributed by atoms with Crippen LogP contribution in [0.2, 0.25) is 0 Å². The number of nitrogens with zero attached hydrogens (tertiary/aromatic N) is 1. The van der Waals surface area contributed by atoms with E-state index in [-0.39, 0.29) is 0 Å². The van der Waals surface area contributed by atoms with Gasteiger partial charge in [0.2, 0.25) is 0 Å². The normalized spacial score (nSPS) is 22.3. The van der Waals surface area contributed by atoms with Crippen molar-refractivity contribution in [1.29, 1.82) is 0 Å². The van der Waals surface area contributed by atoms with Gasteiger partial charge in [0.1, 0.15) is 6.23 Å². The third-order valence-corrected chi connectivity index (χ3v) is 3.95. The molecular formula is C16H26N2O. The summed E-state index contributed by atoms with van der Waals surface area (Å²) in [6.07, 6.45) is 4.49. The van der Waals surface area contributed by atoms with Crippen molar-refractivity contribution in [3.63, 3.8) is 0 Å². The molecule has 1 heterocycles. The Bertz CT molecular complexity index is 355. The summed E-state index contributed by atoms with van der Waals surface area (Å²) in [5.41, 5.74) is 1.00. The van der Waals surface area contributed by atoms with Crippen molar-refractivity contribution < 1.29 is 5.11 Å². The first-order chi connectivity index (χ1) is 9.33. The van der Waals surface area contributed by atoms with Gasteiger partial charge < -0.3 is 10.4 Å². The fourth-order valence-electron chi connectivity index (χ4n) is 2.81. The van der Waals surface area contributed by atoms with E-state index in [0.29, 0.717) is 6.04 Å². The van der Waals surface area contributed by atoms with Crippen LogP contribution in [0.5, 0.6) is 0 Å². The van der Waals surface area contributed by atoms with Gasteiger partial charge in [-0.15, -0.1) is 0 Å². The summed E-state index contributed by atoms with van der Waals surface area (Å²) in [6, 6.07) is 10.5. The lowest BCUT2D eigenvalue weighted by molar-refractivity contribution is -0.0401. The molecule has 3 nitrogen and oxygen atoms in total. The fourth-order valence-corrected chi connectivity index (χ4v) is 2.81. The van der Waals surface area contributed by atoms with Gasteiger partial charge >= 0.3 is 0 Å². The third-order valence-electron chi connectivity index (χ3n) is 3.95. The molecule has 2 rings (SSSR count). The molecule has 0 radical (unpaired) electrons. The van der Waals surface area contributed by atoms with E-state index in [9.17, 15) is 5.11 Å². The van der Waals surface area contributed by atoms with Gasteiger partial charge in [0.25, 0.3) is 0 Å². The maximum Gasteiger partial charge on any atom is 0.133 e. The van der Waals surface area contributed by atoms with Crippen LogP contribution in [0.4, 0.5) is 0 Å². The summed E-state index contributed by atoms with van der Waals surface area (Å²) in [6.45, 7) is 5.12. The van der Waals surface area contributed by atoms with E-state index in [1.807, 2.05) is 30.3 Å². The van der Waals surface area contributed by atoms with E-state index in [1.54, 1.807) is 0 Å². The number of rotatable bonds is 6. The van der Waals surface area contributed by atoms with Crippen molar-refractivity contribution in [3.05, 3.63) is 35.9 Å². The Morgan fingerprint density at radius 2 is 2.11 bits per heavy atom. The highest BCUT2D eigenvalue weighted by atomic mass is 16.3. The largest absolute Gasteiger partial charge is 0.374 e. The molecule has 3 heteroatoms. The summed E-state index contributed by atoms with van der Waals surface area (Å²) in [7, 11) is 0. The van der Waals surface area contributed by atoms with Gasteiger partial charge in [-0.2, -0.15) is 0 Å². The Morgan fingerprint density at radius 1 is 1.32 bits per heavy atom. The van der Waals surface area contributed by atoms with Gasteiger partial charge in [-0.1, -0.05) is 56.5 Å². The quantitative estimate of drug-likeness (QED) is 0.773. The summed E-state index contributed by atoms with van der Waals surface area (Å²) < 4.78 is 0. The number of unbranched alkanes of at least 4 members (excludes halogenated alkanes) is 2. The summed E-state index contributed by atoms with van der Waals surface area (Å²) in [5.74, 6) is 0. The SMILES string of the molecule is CCCCCC1CNCCN1C(O)c1ccccc1. The second kappa shape index (κ2) is 7.63. The zero-order chi connectivity index (χ0) is 13.5. The Hall–Kier alpha value is -0.900.